The summed E-state index contributed by atoms with van der Waals surface area (Å²) in [6.07, 6.45) is 2.59. The van der Waals surface area contributed by atoms with Gasteiger partial charge in [0.1, 0.15) is 11.6 Å². The summed E-state index contributed by atoms with van der Waals surface area (Å²) < 4.78 is 5.44. The van der Waals surface area contributed by atoms with Gasteiger partial charge in [0.15, 0.2) is 6.04 Å². The fourth-order valence-electron chi connectivity index (χ4n) is 2.50. The topological polar surface area (TPSA) is 84.5 Å². The average Bonchev–Trinajstić information content (AvgIpc) is 3.35. The van der Waals surface area contributed by atoms with Gasteiger partial charge in [-0.3, -0.25) is 9.59 Å². The van der Waals surface area contributed by atoms with Crippen LogP contribution in [0.4, 0.5) is 0 Å². The zero-order valence-corrected chi connectivity index (χ0v) is 15.9. The lowest BCUT2D eigenvalue weighted by atomic mass is 10.1. The lowest BCUT2D eigenvalue weighted by Gasteiger charge is -2.26. The van der Waals surface area contributed by atoms with E-state index in [0.29, 0.717) is 17.9 Å². The van der Waals surface area contributed by atoms with Gasteiger partial charge < -0.3 is 15.4 Å². The summed E-state index contributed by atoms with van der Waals surface area (Å²) in [6.45, 7) is 6.93. The first-order chi connectivity index (χ1) is 12.2. The van der Waals surface area contributed by atoms with Crippen LogP contribution in [0.15, 0.2) is 30.3 Å². The predicted octanol–water partition coefficient (Wildman–Crippen LogP) is 2.49. The molecule has 1 aromatic carbocycles. The van der Waals surface area contributed by atoms with E-state index in [1.807, 2.05) is 6.07 Å². The smallest absolute Gasteiger partial charge is 0.333 e. The highest BCUT2D eigenvalue weighted by Gasteiger charge is 2.30. The zero-order valence-electron chi connectivity index (χ0n) is 15.9. The van der Waals surface area contributed by atoms with Crippen molar-refractivity contribution in [3.63, 3.8) is 0 Å². The molecule has 26 heavy (non-hydrogen) atoms. The lowest BCUT2D eigenvalue weighted by molar-refractivity contribution is -0.159. The monoisotopic (exact) mass is 360 g/mol. The number of carbonyl (C=O) groups excluding carboxylic acids is 3. The molecule has 6 nitrogen and oxygen atoms in total. The summed E-state index contributed by atoms with van der Waals surface area (Å²) in [5, 5.41) is 5.39. The van der Waals surface area contributed by atoms with Gasteiger partial charge in [-0.1, -0.05) is 30.3 Å². The molecule has 2 N–H and O–H groups in total. The molecule has 1 aliphatic carbocycles. The third-order valence-corrected chi connectivity index (χ3v) is 4.00. The summed E-state index contributed by atoms with van der Waals surface area (Å²) in [7, 11) is 0. The van der Waals surface area contributed by atoms with Gasteiger partial charge in [-0.2, -0.15) is 0 Å². The molecule has 2 amide bonds. The van der Waals surface area contributed by atoms with E-state index in [2.05, 4.69) is 10.6 Å². The Morgan fingerprint density at radius 1 is 1.12 bits per heavy atom. The number of ether oxygens (including phenoxy) is 1. The van der Waals surface area contributed by atoms with Crippen molar-refractivity contribution >= 4 is 17.8 Å². The number of esters is 1. The summed E-state index contributed by atoms with van der Waals surface area (Å²) in [5.74, 6) is -0.643. The molecular weight excluding hydrogens is 332 g/mol. The molecule has 0 spiro atoms. The first-order valence-electron chi connectivity index (χ1n) is 9.03. The second-order valence-corrected chi connectivity index (χ2v) is 7.82. The SMILES string of the molecule is C[C@H](NC(=O)CC1CC1)C(=O)N[C@H](C(=O)OC(C)(C)C)c1ccccc1. The average molecular weight is 360 g/mol. The fourth-order valence-corrected chi connectivity index (χ4v) is 2.50. The van der Waals surface area contributed by atoms with Gasteiger partial charge in [0.2, 0.25) is 11.8 Å². The minimum atomic E-state index is -0.925. The number of hydrogen-bond donors (Lipinski definition) is 2. The van der Waals surface area contributed by atoms with Gasteiger partial charge in [-0.15, -0.1) is 0 Å². The van der Waals surface area contributed by atoms with Crippen LogP contribution in [0, 0.1) is 5.92 Å². The minimum Gasteiger partial charge on any atom is -0.458 e. The van der Waals surface area contributed by atoms with E-state index in [9.17, 15) is 14.4 Å². The first-order valence-corrected chi connectivity index (χ1v) is 9.03. The molecule has 0 bridgehead atoms. The molecular formula is C20H28N2O4. The molecule has 0 radical (unpaired) electrons. The Morgan fingerprint density at radius 3 is 2.27 bits per heavy atom. The minimum absolute atomic E-state index is 0.135. The van der Waals surface area contributed by atoms with Gasteiger partial charge in [-0.25, -0.2) is 4.79 Å². The highest BCUT2D eigenvalue weighted by Crippen LogP contribution is 2.32. The third-order valence-electron chi connectivity index (χ3n) is 4.00. The summed E-state index contributed by atoms with van der Waals surface area (Å²) in [4.78, 5) is 37.0. The largest absolute Gasteiger partial charge is 0.458 e. The van der Waals surface area contributed by atoms with E-state index in [-0.39, 0.29) is 5.91 Å². The lowest BCUT2D eigenvalue weighted by Crippen LogP contribution is -2.48. The van der Waals surface area contributed by atoms with Crippen molar-refractivity contribution < 1.29 is 19.1 Å². The van der Waals surface area contributed by atoms with Crippen molar-refractivity contribution in [3.05, 3.63) is 35.9 Å². The van der Waals surface area contributed by atoms with Crippen LogP contribution in [0.25, 0.3) is 0 Å². The predicted molar refractivity (Wildman–Crippen MR) is 98.1 cm³/mol. The Balaban J connectivity index is 2.03. The van der Waals surface area contributed by atoms with Crippen molar-refractivity contribution in [2.45, 2.75) is 64.6 Å². The molecule has 0 aliphatic heterocycles. The summed E-state index contributed by atoms with van der Waals surface area (Å²) >= 11 is 0. The van der Waals surface area contributed by atoms with Crippen LogP contribution in [0.5, 0.6) is 0 Å². The van der Waals surface area contributed by atoms with Crippen LogP contribution in [-0.4, -0.2) is 29.4 Å². The number of nitrogens with one attached hydrogen (secondary N) is 2. The molecule has 0 saturated heterocycles. The van der Waals surface area contributed by atoms with Gasteiger partial charge in [0.05, 0.1) is 0 Å². The molecule has 142 valence electrons. The van der Waals surface area contributed by atoms with E-state index < -0.39 is 29.6 Å². The van der Waals surface area contributed by atoms with Crippen LogP contribution < -0.4 is 10.6 Å². The molecule has 0 unspecified atom stereocenters. The number of rotatable bonds is 7. The van der Waals surface area contributed by atoms with Crippen LogP contribution in [0.3, 0.4) is 0 Å². The van der Waals surface area contributed by atoms with Crippen LogP contribution >= 0.6 is 0 Å². The van der Waals surface area contributed by atoms with Crippen molar-refractivity contribution in [1.82, 2.24) is 10.6 Å². The molecule has 1 aromatic rings. The maximum absolute atomic E-state index is 12.6. The van der Waals surface area contributed by atoms with Crippen molar-refractivity contribution in [2.24, 2.45) is 5.92 Å². The first kappa shape index (κ1) is 19.9. The molecule has 0 heterocycles. The molecule has 1 aliphatic rings. The van der Waals surface area contributed by atoms with E-state index in [4.69, 9.17) is 4.74 Å². The number of hydrogen-bond acceptors (Lipinski definition) is 4. The van der Waals surface area contributed by atoms with Crippen LogP contribution in [0.1, 0.15) is 58.6 Å². The van der Waals surface area contributed by atoms with Gasteiger partial charge in [-0.05, 0) is 52.0 Å². The number of benzene rings is 1. The van der Waals surface area contributed by atoms with E-state index in [0.717, 1.165) is 12.8 Å². The standard InChI is InChI=1S/C20H28N2O4/c1-13(21-16(23)12-14-10-11-14)18(24)22-17(15-8-6-5-7-9-15)19(25)26-20(2,3)4/h5-9,13-14,17H,10-12H2,1-4H3,(H,21,23)(H,22,24)/t13-,17-/m0/s1. The zero-order chi connectivity index (χ0) is 19.3. The second-order valence-electron chi connectivity index (χ2n) is 7.82. The highest BCUT2D eigenvalue weighted by atomic mass is 16.6. The highest BCUT2D eigenvalue weighted by molar-refractivity contribution is 5.91. The second kappa shape index (κ2) is 8.34. The van der Waals surface area contributed by atoms with Gasteiger partial charge in [0, 0.05) is 6.42 Å². The summed E-state index contributed by atoms with van der Waals surface area (Å²) in [5.41, 5.74) is -0.0366. The van der Waals surface area contributed by atoms with Gasteiger partial charge in [0.25, 0.3) is 0 Å². The molecule has 0 aromatic heterocycles. The Morgan fingerprint density at radius 2 is 1.73 bits per heavy atom. The van der Waals surface area contributed by atoms with Gasteiger partial charge >= 0.3 is 5.97 Å². The molecule has 1 saturated carbocycles. The van der Waals surface area contributed by atoms with Crippen molar-refractivity contribution in [3.8, 4) is 0 Å². The quantitative estimate of drug-likeness (QED) is 0.732. The third kappa shape index (κ3) is 6.50. The number of carbonyl (C=O) groups is 3. The summed E-state index contributed by atoms with van der Waals surface area (Å²) in [6, 6.07) is 7.27. The van der Waals surface area contributed by atoms with Crippen LogP contribution in [0.2, 0.25) is 0 Å². The Hall–Kier alpha value is -2.37. The molecule has 2 atom stereocenters. The Labute approximate surface area is 154 Å². The molecule has 2 rings (SSSR count). The fraction of sp³-hybridized carbons (Fsp3) is 0.550. The van der Waals surface area contributed by atoms with E-state index in [1.54, 1.807) is 52.0 Å². The van der Waals surface area contributed by atoms with Crippen LogP contribution in [-0.2, 0) is 19.1 Å². The van der Waals surface area contributed by atoms with Crippen molar-refractivity contribution in [1.29, 1.82) is 0 Å². The Kier molecular flexibility index (Phi) is 6.40. The van der Waals surface area contributed by atoms with E-state index in [1.165, 1.54) is 0 Å². The maximum Gasteiger partial charge on any atom is 0.333 e. The number of amides is 2. The van der Waals surface area contributed by atoms with Crippen molar-refractivity contribution in [2.75, 3.05) is 0 Å². The Bertz CT molecular complexity index is 648. The maximum atomic E-state index is 12.6. The normalized spacial score (nSPS) is 16.3. The van der Waals surface area contributed by atoms with E-state index >= 15 is 0 Å². The molecule has 6 heteroatoms. The molecule has 1 fully saturated rings.